The van der Waals surface area contributed by atoms with Gasteiger partial charge in [-0.15, -0.1) is 0 Å². The molecule has 0 aliphatic carbocycles. The summed E-state index contributed by atoms with van der Waals surface area (Å²) >= 11 is 12.7. The Morgan fingerprint density at radius 3 is 2.44 bits per heavy atom. The maximum atomic E-state index is 14.9. The summed E-state index contributed by atoms with van der Waals surface area (Å²) < 4.78 is 43.7. The Balaban J connectivity index is 2.13. The smallest absolute Gasteiger partial charge is 0.288 e. The molecule has 2 aromatic carbocycles. The minimum absolute atomic E-state index is 0.0946. The van der Waals surface area contributed by atoms with Crippen molar-refractivity contribution in [3.8, 4) is 6.07 Å². The second kappa shape index (κ2) is 13.6. The zero-order valence-corrected chi connectivity index (χ0v) is 24.6. The lowest BCUT2D eigenvalue weighted by atomic mass is 10.2. The maximum Gasteiger partial charge on any atom is 0.288 e. The van der Waals surface area contributed by atoms with Crippen LogP contribution in [0.2, 0.25) is 10.0 Å². The molecule has 0 radical (unpaired) electrons. The van der Waals surface area contributed by atoms with Gasteiger partial charge in [-0.25, -0.2) is 9.35 Å². The van der Waals surface area contributed by atoms with Gasteiger partial charge in [-0.05, 0) is 49.4 Å². The highest BCUT2D eigenvalue weighted by Gasteiger charge is 2.39. The summed E-state index contributed by atoms with van der Waals surface area (Å²) in [6.45, 7) is 6.28. The summed E-state index contributed by atoms with van der Waals surface area (Å²) in [6.07, 6.45) is 0.0946. The third-order valence-electron chi connectivity index (χ3n) is 5.73. The van der Waals surface area contributed by atoms with Crippen LogP contribution in [0.3, 0.4) is 0 Å². The van der Waals surface area contributed by atoms with Gasteiger partial charge in [0.25, 0.3) is 19.1 Å². The average molecular weight is 615 g/mol. The summed E-state index contributed by atoms with van der Waals surface area (Å²) in [5, 5.41) is 20.4. The van der Waals surface area contributed by atoms with Gasteiger partial charge >= 0.3 is 0 Å². The second-order valence-electron chi connectivity index (χ2n) is 8.22. The molecule has 1 amide bonds. The van der Waals surface area contributed by atoms with E-state index in [1.165, 1.54) is 35.0 Å². The first-order valence-electron chi connectivity index (χ1n) is 11.9. The van der Waals surface area contributed by atoms with Gasteiger partial charge in [-0.1, -0.05) is 48.8 Å². The topological polar surface area (TPSA) is 103 Å². The van der Waals surface area contributed by atoms with Crippen LogP contribution in [0.5, 0.6) is 0 Å². The molecule has 1 atom stereocenters. The molecule has 39 heavy (non-hydrogen) atoms. The largest absolute Gasteiger partial charge is 0.321 e. The number of aryl methyl sites for hydroxylation is 2. The maximum absolute atomic E-state index is 14.9. The number of thioether (sulfide) groups is 1. The summed E-state index contributed by atoms with van der Waals surface area (Å²) in [4.78, 5) is 13.7. The van der Waals surface area contributed by atoms with Crippen LogP contribution >= 0.6 is 42.4 Å². The zero-order valence-electron chi connectivity index (χ0n) is 21.4. The number of nitrogens with one attached hydrogen (secondary N) is 2. The molecule has 0 fully saturated rings. The van der Waals surface area contributed by atoms with Crippen LogP contribution in [0, 0.1) is 18.3 Å². The predicted molar refractivity (Wildman–Crippen MR) is 154 cm³/mol. The number of hydrogen-bond donors (Lipinski definition) is 2. The quantitative estimate of drug-likeness (QED) is 0.163. The van der Waals surface area contributed by atoms with Crippen LogP contribution in [0.15, 0.2) is 47.4 Å². The molecule has 1 heterocycles. The standard InChI is InChI=1S/C25H27Cl2F2N6O2PS/c1-4-34(5-2)38(37,33-18-8-10-19(11-9-18)39-25(28)29)22-16(3)32-35(14-6-13-30)23(22)31-24(36)20-12-7-17(26)15-21(20)27/h7-12,15,25H,4-6,14H2,1-3H3,(H,31,36)(H,33,37)/t38-/m0/s1. The van der Waals surface area contributed by atoms with Crippen molar-refractivity contribution >= 4 is 65.1 Å². The summed E-state index contributed by atoms with van der Waals surface area (Å²) in [6, 6.07) is 12.7. The molecule has 208 valence electrons. The Bertz CT molecular complexity index is 1410. The van der Waals surface area contributed by atoms with Crippen molar-refractivity contribution in [3.63, 3.8) is 0 Å². The van der Waals surface area contributed by atoms with E-state index in [0.29, 0.717) is 46.2 Å². The van der Waals surface area contributed by atoms with Gasteiger partial charge in [0.1, 0.15) is 11.1 Å². The first kappa shape index (κ1) is 30.9. The van der Waals surface area contributed by atoms with E-state index in [9.17, 15) is 23.4 Å². The van der Waals surface area contributed by atoms with E-state index in [0.717, 1.165) is 0 Å². The third kappa shape index (κ3) is 7.33. The van der Waals surface area contributed by atoms with E-state index < -0.39 is 19.1 Å². The molecule has 0 bridgehead atoms. The molecule has 14 heteroatoms. The molecule has 8 nitrogen and oxygen atoms in total. The van der Waals surface area contributed by atoms with Crippen LogP contribution in [0.4, 0.5) is 20.3 Å². The average Bonchev–Trinajstić information content (AvgIpc) is 3.19. The lowest BCUT2D eigenvalue weighted by Crippen LogP contribution is -2.33. The van der Waals surface area contributed by atoms with Crippen molar-refractivity contribution < 1.29 is 18.1 Å². The Kier molecular flexibility index (Phi) is 10.8. The van der Waals surface area contributed by atoms with Gasteiger partial charge in [0.15, 0.2) is 0 Å². The molecule has 0 unspecified atom stereocenters. The molecule has 2 N–H and O–H groups in total. The lowest BCUT2D eigenvalue weighted by molar-refractivity contribution is 0.102. The SMILES string of the molecule is CCN(CC)[P@@](=O)(Nc1ccc(SC(F)F)cc1)c1c(C)nn(CCC#N)c1NC(=O)c1ccc(Cl)cc1Cl. The van der Waals surface area contributed by atoms with Crippen molar-refractivity contribution in [2.45, 2.75) is 44.4 Å². The Morgan fingerprint density at radius 1 is 1.21 bits per heavy atom. The monoisotopic (exact) mass is 614 g/mol. The highest BCUT2D eigenvalue weighted by Crippen LogP contribution is 2.51. The number of hydrogen-bond acceptors (Lipinski definition) is 5. The van der Waals surface area contributed by atoms with E-state index in [1.54, 1.807) is 23.7 Å². The van der Waals surface area contributed by atoms with Crippen molar-refractivity contribution in [1.29, 1.82) is 5.26 Å². The van der Waals surface area contributed by atoms with Crippen LogP contribution < -0.4 is 15.7 Å². The Morgan fingerprint density at radius 2 is 1.87 bits per heavy atom. The van der Waals surface area contributed by atoms with Crippen LogP contribution in [0.25, 0.3) is 0 Å². The second-order valence-corrected chi connectivity index (χ2v) is 12.5. The van der Waals surface area contributed by atoms with Gasteiger partial charge in [-0.2, -0.15) is 19.1 Å². The number of benzene rings is 2. The highest BCUT2D eigenvalue weighted by molar-refractivity contribution is 7.99. The van der Waals surface area contributed by atoms with Crippen molar-refractivity contribution in [2.75, 3.05) is 23.5 Å². The van der Waals surface area contributed by atoms with Crippen molar-refractivity contribution in [2.24, 2.45) is 0 Å². The molecule has 0 aliphatic rings. The molecule has 0 aliphatic heterocycles. The summed E-state index contributed by atoms with van der Waals surface area (Å²) in [5.41, 5.74) is 0.972. The normalized spacial score (nSPS) is 12.8. The first-order chi connectivity index (χ1) is 18.5. The van der Waals surface area contributed by atoms with Gasteiger partial charge in [-0.3, -0.25) is 9.36 Å². The van der Waals surface area contributed by atoms with E-state index >= 15 is 0 Å². The van der Waals surface area contributed by atoms with Gasteiger partial charge in [0.05, 0.1) is 35.3 Å². The Labute approximate surface area is 240 Å². The van der Waals surface area contributed by atoms with E-state index in [4.69, 9.17) is 23.2 Å². The fourth-order valence-corrected chi connectivity index (χ4v) is 7.77. The fraction of sp³-hybridized carbons (Fsp3) is 0.320. The first-order valence-corrected chi connectivity index (χ1v) is 15.2. The predicted octanol–water partition coefficient (Wildman–Crippen LogP) is 7.25. The van der Waals surface area contributed by atoms with Gasteiger partial charge in [0.2, 0.25) is 0 Å². The minimum Gasteiger partial charge on any atom is -0.321 e. The van der Waals surface area contributed by atoms with E-state index in [2.05, 4.69) is 21.6 Å². The lowest BCUT2D eigenvalue weighted by Gasteiger charge is -2.31. The van der Waals surface area contributed by atoms with Gasteiger partial charge < -0.3 is 10.4 Å². The molecular weight excluding hydrogens is 588 g/mol. The highest BCUT2D eigenvalue weighted by atomic mass is 35.5. The molecule has 0 saturated carbocycles. The van der Waals surface area contributed by atoms with Crippen LogP contribution in [-0.2, 0) is 11.1 Å². The number of rotatable bonds is 12. The van der Waals surface area contributed by atoms with E-state index in [-0.39, 0.29) is 34.7 Å². The third-order valence-corrected chi connectivity index (χ3v) is 10.1. The summed E-state index contributed by atoms with van der Waals surface area (Å²) in [7, 11) is -3.71. The van der Waals surface area contributed by atoms with Gasteiger partial charge in [0, 0.05) is 28.7 Å². The number of anilines is 2. The molecule has 3 rings (SSSR count). The molecule has 1 aromatic heterocycles. The van der Waals surface area contributed by atoms with Crippen molar-refractivity contribution in [1.82, 2.24) is 14.5 Å². The zero-order chi connectivity index (χ0) is 28.7. The number of aromatic nitrogens is 2. The number of carbonyl (C=O) groups excluding carboxylic acids is 1. The van der Waals surface area contributed by atoms with Crippen molar-refractivity contribution in [3.05, 3.63) is 63.8 Å². The van der Waals surface area contributed by atoms with Crippen LogP contribution in [0.1, 0.15) is 36.3 Å². The molecular formula is C25H27Cl2F2N6O2PS. The number of carbonyl (C=O) groups is 1. The molecule has 0 spiro atoms. The number of alkyl halides is 2. The van der Waals surface area contributed by atoms with Crippen LogP contribution in [-0.4, -0.2) is 39.2 Å². The fourth-order valence-electron chi connectivity index (χ4n) is 4.00. The minimum atomic E-state index is -3.71. The number of amides is 1. The number of nitriles is 1. The number of nitrogens with zero attached hydrogens (tertiary/aromatic N) is 4. The number of halogens is 4. The van der Waals surface area contributed by atoms with E-state index in [1.807, 2.05) is 13.8 Å². The Hall–Kier alpha value is -2.61. The summed E-state index contributed by atoms with van der Waals surface area (Å²) in [5.74, 6) is -2.98. The molecule has 0 saturated heterocycles. The molecule has 3 aromatic rings.